The Morgan fingerprint density at radius 2 is 2.23 bits per heavy atom. The van der Waals surface area contributed by atoms with Crippen LogP contribution in [0.2, 0.25) is 0 Å². The number of amides is 1. The second-order valence-corrected chi connectivity index (χ2v) is 8.77. The molecule has 2 aromatic rings. The molecule has 1 N–H and O–H groups in total. The summed E-state index contributed by atoms with van der Waals surface area (Å²) in [6.45, 7) is 2.48. The predicted molar refractivity (Wildman–Crippen MR) is 105 cm³/mol. The van der Waals surface area contributed by atoms with E-state index in [0.29, 0.717) is 29.8 Å². The van der Waals surface area contributed by atoms with E-state index in [-0.39, 0.29) is 17.5 Å². The Balaban J connectivity index is 1.38. The third-order valence-corrected chi connectivity index (χ3v) is 6.68. The summed E-state index contributed by atoms with van der Waals surface area (Å²) >= 11 is 3.39. The number of benzene rings is 1. The first-order valence-electron chi connectivity index (χ1n) is 9.45. The lowest BCUT2D eigenvalue weighted by Crippen LogP contribution is -2.40. The topological polar surface area (TPSA) is 64.0 Å². The van der Waals surface area contributed by atoms with Crippen LogP contribution in [0, 0.1) is 17.8 Å². The second-order valence-electron chi connectivity index (χ2n) is 7.85. The van der Waals surface area contributed by atoms with E-state index in [9.17, 15) is 9.59 Å². The van der Waals surface area contributed by atoms with Gasteiger partial charge in [-0.2, -0.15) is 0 Å². The maximum absolute atomic E-state index is 12.6. The highest BCUT2D eigenvalue weighted by molar-refractivity contribution is 9.10. The molecule has 4 atom stereocenters. The van der Waals surface area contributed by atoms with Gasteiger partial charge in [0.1, 0.15) is 0 Å². The van der Waals surface area contributed by atoms with E-state index in [4.69, 9.17) is 0 Å². The van der Waals surface area contributed by atoms with Gasteiger partial charge in [-0.25, -0.2) is 4.98 Å². The molecule has 1 amide bonds. The number of carbonyl (C=O) groups is 1. The number of rotatable bonds is 5. The Kier molecular flexibility index (Phi) is 4.86. The van der Waals surface area contributed by atoms with Crippen molar-refractivity contribution in [3.8, 4) is 0 Å². The fraction of sp³-hybridized carbons (Fsp3) is 0.550. The van der Waals surface area contributed by atoms with Crippen LogP contribution >= 0.6 is 15.9 Å². The zero-order valence-corrected chi connectivity index (χ0v) is 16.5. The zero-order chi connectivity index (χ0) is 18.3. The molecule has 0 aliphatic heterocycles. The van der Waals surface area contributed by atoms with E-state index in [1.54, 1.807) is 6.07 Å². The van der Waals surface area contributed by atoms with Gasteiger partial charge in [0.2, 0.25) is 5.91 Å². The van der Waals surface area contributed by atoms with Crippen molar-refractivity contribution < 1.29 is 4.79 Å². The lowest BCUT2D eigenvalue weighted by atomic mass is 9.84. The molecule has 0 unspecified atom stereocenters. The Morgan fingerprint density at radius 1 is 1.38 bits per heavy atom. The fourth-order valence-corrected chi connectivity index (χ4v) is 5.21. The summed E-state index contributed by atoms with van der Waals surface area (Å²) in [4.78, 5) is 29.3. The molecule has 1 aromatic heterocycles. The van der Waals surface area contributed by atoms with Gasteiger partial charge in [-0.05, 0) is 62.1 Å². The van der Waals surface area contributed by atoms with Crippen molar-refractivity contribution in [2.24, 2.45) is 17.8 Å². The van der Waals surface area contributed by atoms with Gasteiger partial charge < -0.3 is 5.32 Å². The van der Waals surface area contributed by atoms with Gasteiger partial charge >= 0.3 is 0 Å². The Bertz CT molecular complexity index is 894. The average Bonchev–Trinajstić information content (AvgIpc) is 3.25. The summed E-state index contributed by atoms with van der Waals surface area (Å²) in [6.07, 6.45) is 7.13. The fourth-order valence-electron chi connectivity index (χ4n) is 4.85. The van der Waals surface area contributed by atoms with Crippen LogP contribution in [-0.2, 0) is 11.3 Å². The van der Waals surface area contributed by atoms with E-state index in [2.05, 4.69) is 33.2 Å². The van der Waals surface area contributed by atoms with Gasteiger partial charge in [0.15, 0.2) is 0 Å². The summed E-state index contributed by atoms with van der Waals surface area (Å²) < 4.78 is 2.37. The molecular formula is C20H24BrN3O2. The maximum Gasteiger partial charge on any atom is 0.261 e. The van der Waals surface area contributed by atoms with Crippen LogP contribution in [-0.4, -0.2) is 21.5 Å². The van der Waals surface area contributed by atoms with Gasteiger partial charge in [0.05, 0.1) is 17.2 Å². The monoisotopic (exact) mass is 417 g/mol. The van der Waals surface area contributed by atoms with Crippen molar-refractivity contribution in [2.75, 3.05) is 0 Å². The summed E-state index contributed by atoms with van der Waals surface area (Å²) in [5.74, 6) is 2.31. The minimum absolute atomic E-state index is 0.0153. The number of nitrogens with one attached hydrogen (secondary N) is 1. The first-order valence-corrected chi connectivity index (χ1v) is 10.2. The van der Waals surface area contributed by atoms with Crippen molar-refractivity contribution >= 4 is 32.7 Å². The molecule has 6 heteroatoms. The van der Waals surface area contributed by atoms with Gasteiger partial charge in [-0.15, -0.1) is 0 Å². The molecule has 0 radical (unpaired) electrons. The number of carbonyl (C=O) groups excluding carboxylic acids is 1. The molecule has 0 saturated heterocycles. The minimum atomic E-state index is -0.106. The quantitative estimate of drug-likeness (QED) is 0.809. The van der Waals surface area contributed by atoms with E-state index in [1.807, 2.05) is 12.1 Å². The Hall–Kier alpha value is -1.69. The van der Waals surface area contributed by atoms with E-state index < -0.39 is 0 Å². The molecule has 2 bridgehead atoms. The number of hydrogen-bond donors (Lipinski definition) is 1. The molecule has 2 aliphatic carbocycles. The predicted octanol–water partition coefficient (Wildman–Crippen LogP) is 3.49. The number of aromatic nitrogens is 2. The Morgan fingerprint density at radius 3 is 2.96 bits per heavy atom. The third-order valence-electron chi connectivity index (χ3n) is 6.19. The maximum atomic E-state index is 12.6. The lowest BCUT2D eigenvalue weighted by Gasteiger charge is -2.28. The van der Waals surface area contributed by atoms with Crippen molar-refractivity contribution in [2.45, 2.75) is 51.6 Å². The van der Waals surface area contributed by atoms with E-state index in [0.717, 1.165) is 16.3 Å². The normalized spacial score (nSPS) is 25.5. The average molecular weight is 418 g/mol. The molecule has 26 heavy (non-hydrogen) atoms. The Labute approximate surface area is 161 Å². The SMILES string of the molecule is C[C@H](NC(=O)CCn1cnc2ccc(Br)cc2c1=O)[C@@H]1C[C@H]2CC[C@H]1C2. The van der Waals surface area contributed by atoms with Crippen LogP contribution in [0.3, 0.4) is 0 Å². The highest BCUT2D eigenvalue weighted by Gasteiger charge is 2.42. The highest BCUT2D eigenvalue weighted by Crippen LogP contribution is 2.49. The summed E-state index contributed by atoms with van der Waals surface area (Å²) in [5.41, 5.74) is 0.564. The molecule has 138 valence electrons. The molecule has 2 aliphatic rings. The number of halogens is 1. The highest BCUT2D eigenvalue weighted by atomic mass is 79.9. The van der Waals surface area contributed by atoms with Crippen LogP contribution in [0.15, 0.2) is 33.8 Å². The minimum Gasteiger partial charge on any atom is -0.353 e. The molecule has 4 rings (SSSR count). The van der Waals surface area contributed by atoms with Crippen LogP contribution < -0.4 is 10.9 Å². The van der Waals surface area contributed by atoms with Gasteiger partial charge in [0, 0.05) is 23.5 Å². The van der Waals surface area contributed by atoms with Crippen molar-refractivity contribution in [3.63, 3.8) is 0 Å². The van der Waals surface area contributed by atoms with E-state index in [1.165, 1.54) is 36.6 Å². The summed E-state index contributed by atoms with van der Waals surface area (Å²) in [6, 6.07) is 5.68. The molecular weight excluding hydrogens is 394 g/mol. The van der Waals surface area contributed by atoms with E-state index >= 15 is 0 Å². The zero-order valence-electron chi connectivity index (χ0n) is 15.0. The largest absolute Gasteiger partial charge is 0.353 e. The van der Waals surface area contributed by atoms with Gasteiger partial charge in [0.25, 0.3) is 5.56 Å². The smallest absolute Gasteiger partial charge is 0.261 e. The van der Waals surface area contributed by atoms with Crippen LogP contribution in [0.1, 0.15) is 39.0 Å². The van der Waals surface area contributed by atoms with Crippen molar-refractivity contribution in [1.82, 2.24) is 14.9 Å². The van der Waals surface area contributed by atoms with Crippen molar-refractivity contribution in [1.29, 1.82) is 0 Å². The standard InChI is InChI=1S/C20H24BrN3O2/c1-12(16-9-13-2-3-14(16)8-13)23-19(25)6-7-24-11-22-18-5-4-15(21)10-17(18)20(24)26/h4-5,10-14,16H,2-3,6-9H2,1H3,(H,23,25)/t12-,13-,14-,16-/m0/s1. The third kappa shape index (κ3) is 3.43. The number of aryl methyl sites for hydroxylation is 1. The first-order chi connectivity index (χ1) is 12.5. The van der Waals surface area contributed by atoms with Gasteiger partial charge in [-0.1, -0.05) is 22.4 Å². The molecule has 1 heterocycles. The molecule has 0 spiro atoms. The second kappa shape index (κ2) is 7.14. The lowest BCUT2D eigenvalue weighted by molar-refractivity contribution is -0.122. The number of nitrogens with zero attached hydrogens (tertiary/aromatic N) is 2. The van der Waals surface area contributed by atoms with Crippen LogP contribution in [0.4, 0.5) is 0 Å². The van der Waals surface area contributed by atoms with Gasteiger partial charge in [-0.3, -0.25) is 14.2 Å². The summed E-state index contributed by atoms with van der Waals surface area (Å²) in [7, 11) is 0. The molecule has 5 nitrogen and oxygen atoms in total. The molecule has 2 saturated carbocycles. The van der Waals surface area contributed by atoms with Crippen LogP contribution in [0.5, 0.6) is 0 Å². The molecule has 2 fully saturated rings. The van der Waals surface area contributed by atoms with Crippen LogP contribution in [0.25, 0.3) is 10.9 Å². The van der Waals surface area contributed by atoms with Crippen molar-refractivity contribution in [3.05, 3.63) is 39.4 Å². The number of hydrogen-bond acceptors (Lipinski definition) is 3. The molecule has 1 aromatic carbocycles. The number of fused-ring (bicyclic) bond motifs is 3. The first kappa shape index (κ1) is 17.7. The summed E-state index contributed by atoms with van der Waals surface area (Å²) in [5, 5.41) is 3.73.